The molecule has 3 N–H and O–H groups in total. The number of rotatable bonds is 7. The van der Waals surface area contributed by atoms with Crippen LogP contribution in [0.5, 0.6) is 5.75 Å². The molecule has 0 aliphatic heterocycles. The van der Waals surface area contributed by atoms with Crippen LogP contribution < -0.4 is 20.9 Å². The van der Waals surface area contributed by atoms with Gasteiger partial charge in [0.25, 0.3) is 11.5 Å². The number of hydrogen-bond acceptors (Lipinski definition) is 4. The van der Waals surface area contributed by atoms with Gasteiger partial charge in [-0.25, -0.2) is 4.79 Å². The number of fused-ring (bicyclic) bond motifs is 1. The fourth-order valence-electron chi connectivity index (χ4n) is 3.53. The summed E-state index contributed by atoms with van der Waals surface area (Å²) in [4.78, 5) is 37.6. The van der Waals surface area contributed by atoms with Crippen LogP contribution in [0.2, 0.25) is 5.02 Å². The molecule has 0 unspecified atom stereocenters. The third-order valence-corrected chi connectivity index (χ3v) is 5.13. The fourth-order valence-corrected chi connectivity index (χ4v) is 3.66. The topological polar surface area (TPSA) is 115 Å². The van der Waals surface area contributed by atoms with Crippen molar-refractivity contribution in [2.24, 2.45) is 11.7 Å². The molecule has 8 nitrogen and oxygen atoms in total. The Kier molecular flexibility index (Phi) is 6.74. The minimum atomic E-state index is -1.21. The van der Waals surface area contributed by atoms with Crippen molar-refractivity contribution in [1.29, 1.82) is 0 Å². The molecule has 0 bridgehead atoms. The Hall–Kier alpha value is -3.52. The minimum Gasteiger partial charge on any atom is -0.484 e. The fraction of sp³-hybridized carbons (Fsp3) is 0.261. The number of carbonyl (C=O) groups is 2. The van der Waals surface area contributed by atoms with E-state index in [1.165, 1.54) is 11.6 Å². The summed E-state index contributed by atoms with van der Waals surface area (Å²) >= 11 is 6.07. The smallest absolute Gasteiger partial charge is 0.412 e. The molecular weight excluding hydrogens is 434 g/mol. The van der Waals surface area contributed by atoms with Crippen molar-refractivity contribution in [3.05, 3.63) is 57.8 Å². The van der Waals surface area contributed by atoms with Gasteiger partial charge >= 0.3 is 6.09 Å². The lowest BCUT2D eigenvalue weighted by Crippen LogP contribution is -2.34. The van der Waals surface area contributed by atoms with E-state index in [9.17, 15) is 19.5 Å². The molecule has 2 aromatic carbocycles. The molecule has 0 saturated carbocycles. The predicted molar refractivity (Wildman–Crippen MR) is 125 cm³/mol. The molecule has 3 aromatic rings. The number of nitrogens with zero attached hydrogens (tertiary/aromatic N) is 2. The molecule has 1 heterocycles. The van der Waals surface area contributed by atoms with Crippen LogP contribution in [-0.4, -0.2) is 35.3 Å². The van der Waals surface area contributed by atoms with Crippen LogP contribution >= 0.6 is 11.6 Å². The van der Waals surface area contributed by atoms with E-state index in [0.29, 0.717) is 39.2 Å². The van der Waals surface area contributed by atoms with Crippen LogP contribution in [0.15, 0.2) is 47.3 Å². The maximum absolute atomic E-state index is 13.4. The van der Waals surface area contributed by atoms with E-state index in [0.717, 1.165) is 4.90 Å². The summed E-state index contributed by atoms with van der Waals surface area (Å²) in [6.45, 7) is 3.89. The van der Waals surface area contributed by atoms with Gasteiger partial charge in [0.05, 0.1) is 0 Å². The van der Waals surface area contributed by atoms with Crippen molar-refractivity contribution in [3.8, 4) is 16.9 Å². The van der Waals surface area contributed by atoms with Crippen molar-refractivity contribution in [2.45, 2.75) is 20.4 Å². The second kappa shape index (κ2) is 9.32. The number of aromatic nitrogens is 1. The first-order valence-corrected chi connectivity index (χ1v) is 10.3. The number of halogens is 1. The van der Waals surface area contributed by atoms with E-state index in [2.05, 4.69) is 0 Å². The summed E-state index contributed by atoms with van der Waals surface area (Å²) in [5.41, 5.74) is 6.06. The van der Waals surface area contributed by atoms with E-state index in [4.69, 9.17) is 22.1 Å². The van der Waals surface area contributed by atoms with E-state index in [1.54, 1.807) is 42.5 Å². The first-order chi connectivity index (χ1) is 15.1. The van der Waals surface area contributed by atoms with Gasteiger partial charge in [-0.2, -0.15) is 0 Å². The van der Waals surface area contributed by atoms with E-state index in [1.807, 2.05) is 13.8 Å². The second-order valence-corrected chi connectivity index (χ2v) is 8.26. The largest absolute Gasteiger partial charge is 0.484 e. The van der Waals surface area contributed by atoms with E-state index >= 15 is 0 Å². The average Bonchev–Trinajstić information content (AvgIpc) is 2.73. The van der Waals surface area contributed by atoms with Crippen molar-refractivity contribution >= 4 is 40.2 Å². The van der Waals surface area contributed by atoms with Crippen LogP contribution in [0.1, 0.15) is 13.8 Å². The number of benzene rings is 2. The van der Waals surface area contributed by atoms with Crippen LogP contribution in [0.25, 0.3) is 21.9 Å². The molecule has 168 valence electrons. The van der Waals surface area contributed by atoms with Crippen molar-refractivity contribution in [3.63, 3.8) is 0 Å². The molecule has 9 heteroatoms. The van der Waals surface area contributed by atoms with Crippen molar-refractivity contribution in [1.82, 2.24) is 4.57 Å². The van der Waals surface area contributed by atoms with Crippen LogP contribution in [0.4, 0.5) is 10.6 Å². The van der Waals surface area contributed by atoms with Gasteiger partial charge in [0.1, 0.15) is 11.6 Å². The van der Waals surface area contributed by atoms with Gasteiger partial charge in [0.2, 0.25) is 0 Å². The molecular formula is C23H24ClN3O5. The Morgan fingerprint density at radius 1 is 1.16 bits per heavy atom. The van der Waals surface area contributed by atoms with Gasteiger partial charge in [-0.3, -0.25) is 19.1 Å². The first-order valence-electron chi connectivity index (χ1n) is 9.94. The monoisotopic (exact) mass is 457 g/mol. The molecule has 0 radical (unpaired) electrons. The highest BCUT2D eigenvalue weighted by Crippen LogP contribution is 2.38. The number of carbonyl (C=O) groups excluding carboxylic acids is 1. The summed E-state index contributed by atoms with van der Waals surface area (Å²) < 4.78 is 6.91. The Morgan fingerprint density at radius 3 is 2.38 bits per heavy atom. The van der Waals surface area contributed by atoms with Gasteiger partial charge in [-0.1, -0.05) is 37.6 Å². The quantitative estimate of drug-likeness (QED) is 0.557. The lowest BCUT2D eigenvalue weighted by Gasteiger charge is -2.26. The number of carboxylic acid groups (broad SMARTS) is 1. The summed E-state index contributed by atoms with van der Waals surface area (Å²) in [5.74, 6) is 0.0125. The van der Waals surface area contributed by atoms with E-state index < -0.39 is 12.0 Å². The summed E-state index contributed by atoms with van der Waals surface area (Å²) in [6.07, 6.45) is -1.21. The van der Waals surface area contributed by atoms with Crippen molar-refractivity contribution < 1.29 is 19.4 Å². The molecule has 3 rings (SSSR count). The summed E-state index contributed by atoms with van der Waals surface area (Å²) in [5, 5.41) is 11.2. The predicted octanol–water partition coefficient (Wildman–Crippen LogP) is 3.96. The normalized spacial score (nSPS) is 11.0. The number of anilines is 1. The molecule has 2 amide bonds. The number of nitrogens with two attached hydrogens (primary N) is 1. The SMILES string of the molecule is CC(C)Cn1c(N(C)C(=O)O)c(-c2ccc(Cl)cc2)c2cc(OCC(N)=O)ccc2c1=O. The maximum atomic E-state index is 13.4. The molecule has 0 aliphatic rings. The minimum absolute atomic E-state index is 0.0855. The highest BCUT2D eigenvalue weighted by atomic mass is 35.5. The van der Waals surface area contributed by atoms with Gasteiger partial charge in [0.15, 0.2) is 6.61 Å². The van der Waals surface area contributed by atoms with Gasteiger partial charge in [0, 0.05) is 35.0 Å². The summed E-state index contributed by atoms with van der Waals surface area (Å²) in [7, 11) is 1.40. The Morgan fingerprint density at radius 2 is 1.81 bits per heavy atom. The van der Waals surface area contributed by atoms with Crippen LogP contribution in [-0.2, 0) is 11.3 Å². The van der Waals surface area contributed by atoms with Gasteiger partial charge in [-0.05, 0) is 41.8 Å². The Labute approximate surface area is 189 Å². The number of primary amides is 1. The van der Waals surface area contributed by atoms with Crippen LogP contribution in [0.3, 0.4) is 0 Å². The third kappa shape index (κ3) is 4.70. The number of amides is 2. The van der Waals surface area contributed by atoms with Gasteiger partial charge < -0.3 is 15.6 Å². The first kappa shape index (κ1) is 23.1. The molecule has 32 heavy (non-hydrogen) atoms. The molecule has 1 aromatic heterocycles. The average molecular weight is 458 g/mol. The highest BCUT2D eigenvalue weighted by molar-refractivity contribution is 6.30. The zero-order valence-electron chi connectivity index (χ0n) is 18.0. The lowest BCUT2D eigenvalue weighted by atomic mass is 9.98. The highest BCUT2D eigenvalue weighted by Gasteiger charge is 2.25. The molecule has 0 aliphatic carbocycles. The molecule has 0 fully saturated rings. The number of pyridine rings is 1. The Balaban J connectivity index is 2.45. The van der Waals surface area contributed by atoms with Crippen molar-refractivity contribution in [2.75, 3.05) is 18.6 Å². The molecule has 0 spiro atoms. The number of hydrogen-bond donors (Lipinski definition) is 2. The van der Waals surface area contributed by atoms with Crippen LogP contribution in [0, 0.1) is 5.92 Å². The molecule has 0 atom stereocenters. The zero-order valence-corrected chi connectivity index (χ0v) is 18.7. The molecule has 0 saturated heterocycles. The second-order valence-electron chi connectivity index (χ2n) is 7.82. The number of ether oxygens (including phenoxy) is 1. The maximum Gasteiger partial charge on any atom is 0.412 e. The lowest BCUT2D eigenvalue weighted by molar-refractivity contribution is -0.119. The zero-order chi connectivity index (χ0) is 23.6. The summed E-state index contributed by atoms with van der Waals surface area (Å²) in [6, 6.07) is 11.7. The van der Waals surface area contributed by atoms with E-state index in [-0.39, 0.29) is 23.9 Å². The Bertz CT molecular complexity index is 1240. The third-order valence-electron chi connectivity index (χ3n) is 4.88. The van der Waals surface area contributed by atoms with Gasteiger partial charge in [-0.15, -0.1) is 0 Å². The standard InChI is InChI=1S/C23H24ClN3O5/c1-13(2)11-27-21(26(3)23(30)31)20(14-4-6-15(24)7-5-14)18-10-16(32-12-19(25)28)8-9-17(18)22(27)29/h4-10,13H,11-12H2,1-3H3,(H2,25,28)(H,30,31).